The molecule has 0 bridgehead atoms. The number of likely N-dealkylation sites (N-methyl/N-ethyl adjacent to an activating group) is 1. The predicted octanol–water partition coefficient (Wildman–Crippen LogP) is 4.92. The fourth-order valence-corrected chi connectivity index (χ4v) is 5.40. The summed E-state index contributed by atoms with van der Waals surface area (Å²) in [6, 6.07) is 11.7. The second-order valence-electron chi connectivity index (χ2n) is 7.62. The van der Waals surface area contributed by atoms with Gasteiger partial charge in [-0.15, -0.1) is 11.3 Å². The summed E-state index contributed by atoms with van der Waals surface area (Å²) in [5.74, 6) is -2.62. The molecule has 0 unspecified atom stereocenters. The number of amides is 3. The van der Waals surface area contributed by atoms with E-state index in [1.54, 1.807) is 28.4 Å². The molecule has 0 aliphatic carbocycles. The van der Waals surface area contributed by atoms with Crippen molar-refractivity contribution in [3.8, 4) is 0 Å². The first-order valence-electron chi connectivity index (χ1n) is 10.4. The third kappa shape index (κ3) is 6.10. The molecule has 37 heavy (non-hydrogen) atoms. The van der Waals surface area contributed by atoms with Gasteiger partial charge in [-0.1, -0.05) is 23.7 Å². The van der Waals surface area contributed by atoms with E-state index < -0.39 is 39.3 Å². The molecular formula is C24H17ClF2N4O4S2. The molecule has 4 aromatic rings. The first-order valence-corrected chi connectivity index (χ1v) is 13.1. The van der Waals surface area contributed by atoms with E-state index in [2.05, 4.69) is 10.3 Å². The van der Waals surface area contributed by atoms with Crippen LogP contribution in [0.3, 0.4) is 0 Å². The first kappa shape index (κ1) is 26.2. The maximum Gasteiger partial charge on any atom is 0.333 e. The van der Waals surface area contributed by atoms with Gasteiger partial charge in [0.1, 0.15) is 22.2 Å². The van der Waals surface area contributed by atoms with E-state index in [1.807, 2.05) is 0 Å². The van der Waals surface area contributed by atoms with E-state index in [4.69, 9.17) is 11.6 Å². The largest absolute Gasteiger partial charge is 0.333 e. The van der Waals surface area contributed by atoms with Gasteiger partial charge >= 0.3 is 6.03 Å². The van der Waals surface area contributed by atoms with Crippen molar-refractivity contribution in [1.82, 2.24) is 15.0 Å². The number of carbonyl (C=O) groups excluding carboxylic acids is 2. The normalized spacial score (nSPS) is 11.8. The van der Waals surface area contributed by atoms with Crippen LogP contribution in [0.2, 0.25) is 5.02 Å². The Morgan fingerprint density at radius 2 is 1.76 bits per heavy atom. The summed E-state index contributed by atoms with van der Waals surface area (Å²) in [7, 11) is -3.00. The Labute approximate surface area is 219 Å². The minimum Gasteiger partial charge on any atom is -0.310 e. The fraction of sp³-hybridized carbons (Fsp3) is 0.0417. The molecule has 1 aromatic heterocycles. The van der Waals surface area contributed by atoms with Crippen molar-refractivity contribution in [2.24, 2.45) is 0 Å². The summed E-state index contributed by atoms with van der Waals surface area (Å²) < 4.78 is 55.5. The zero-order chi connectivity index (χ0) is 26.7. The summed E-state index contributed by atoms with van der Waals surface area (Å²) in [6.45, 7) is 0. The minimum absolute atomic E-state index is 0.0848. The van der Waals surface area contributed by atoms with Crippen molar-refractivity contribution in [3.05, 3.63) is 94.1 Å². The Morgan fingerprint density at radius 1 is 1.05 bits per heavy atom. The molecule has 0 aliphatic rings. The van der Waals surface area contributed by atoms with Crippen molar-refractivity contribution in [1.29, 1.82) is 0 Å². The van der Waals surface area contributed by atoms with Crippen molar-refractivity contribution < 1.29 is 26.8 Å². The number of urea groups is 1. The number of sulfonamides is 1. The number of nitrogens with one attached hydrogen (secondary N) is 2. The van der Waals surface area contributed by atoms with E-state index in [0.29, 0.717) is 17.3 Å². The highest BCUT2D eigenvalue weighted by molar-refractivity contribution is 7.90. The lowest BCUT2D eigenvalue weighted by molar-refractivity contribution is -0.115. The number of hydrogen-bond acceptors (Lipinski definition) is 6. The number of anilines is 1. The molecule has 3 aromatic carbocycles. The number of carbonyl (C=O) groups is 2. The zero-order valence-corrected chi connectivity index (χ0v) is 21.3. The van der Waals surface area contributed by atoms with Gasteiger partial charge in [0.15, 0.2) is 0 Å². The van der Waals surface area contributed by atoms with E-state index in [0.717, 1.165) is 22.9 Å². The molecule has 190 valence electrons. The smallest absolute Gasteiger partial charge is 0.310 e. The highest BCUT2D eigenvalue weighted by Gasteiger charge is 2.24. The van der Waals surface area contributed by atoms with E-state index >= 15 is 0 Å². The Bertz CT molecular complexity index is 1640. The highest BCUT2D eigenvalue weighted by Crippen LogP contribution is 2.25. The van der Waals surface area contributed by atoms with Gasteiger partial charge in [-0.2, -0.15) is 0 Å². The SMILES string of the molecule is CN(C(=O)/C(=C/c1cc(F)cc(F)c1)NC(=O)NS(=O)(=O)c1ccccc1Cl)c1ccc2scnc2c1. The molecule has 0 atom stereocenters. The summed E-state index contributed by atoms with van der Waals surface area (Å²) in [4.78, 5) is 31.0. The number of nitrogens with zero attached hydrogens (tertiary/aromatic N) is 2. The van der Waals surface area contributed by atoms with Crippen LogP contribution in [0.4, 0.5) is 19.3 Å². The fourth-order valence-electron chi connectivity index (χ4n) is 3.32. The molecule has 2 N–H and O–H groups in total. The molecular weight excluding hydrogens is 546 g/mol. The van der Waals surface area contributed by atoms with Crippen LogP contribution in [0.5, 0.6) is 0 Å². The predicted molar refractivity (Wildman–Crippen MR) is 138 cm³/mol. The van der Waals surface area contributed by atoms with E-state index in [-0.39, 0.29) is 15.5 Å². The van der Waals surface area contributed by atoms with Gasteiger partial charge in [0.05, 0.1) is 20.7 Å². The topological polar surface area (TPSA) is 108 Å². The summed E-state index contributed by atoms with van der Waals surface area (Å²) in [5.41, 5.74) is 2.14. The third-order valence-electron chi connectivity index (χ3n) is 5.03. The molecule has 0 aliphatic heterocycles. The van der Waals surface area contributed by atoms with Crippen LogP contribution in [0.15, 0.2) is 76.8 Å². The van der Waals surface area contributed by atoms with Gasteiger partial charge in [-0.3, -0.25) is 4.79 Å². The monoisotopic (exact) mass is 562 g/mol. The molecule has 0 saturated carbocycles. The average Bonchev–Trinajstić information content (AvgIpc) is 3.30. The van der Waals surface area contributed by atoms with Crippen molar-refractivity contribution in [2.75, 3.05) is 11.9 Å². The quantitative estimate of drug-likeness (QED) is 0.324. The molecule has 1 heterocycles. The van der Waals surface area contributed by atoms with Crippen LogP contribution in [0.1, 0.15) is 5.56 Å². The van der Waals surface area contributed by atoms with Crippen LogP contribution in [0, 0.1) is 11.6 Å². The standard InChI is InChI=1S/C24H17ClF2N4O4S2/c1-31(17-6-7-21-19(12-17)28-13-36-21)23(32)20(10-14-8-15(26)11-16(27)9-14)29-24(33)30-37(34,35)22-5-3-2-4-18(22)25/h2-13H,1H3,(H2,29,30,33)/b20-10-. The summed E-state index contributed by atoms with van der Waals surface area (Å²) >= 11 is 7.34. The third-order valence-corrected chi connectivity index (χ3v) is 7.67. The van der Waals surface area contributed by atoms with Crippen molar-refractivity contribution in [3.63, 3.8) is 0 Å². The number of thiazole rings is 1. The maximum atomic E-state index is 13.8. The lowest BCUT2D eigenvalue weighted by Crippen LogP contribution is -2.43. The number of benzene rings is 3. The summed E-state index contributed by atoms with van der Waals surface area (Å²) in [6.07, 6.45) is 1.02. The molecule has 13 heteroatoms. The molecule has 0 spiro atoms. The zero-order valence-electron chi connectivity index (χ0n) is 18.9. The Morgan fingerprint density at radius 3 is 2.46 bits per heavy atom. The van der Waals surface area contributed by atoms with Gasteiger partial charge < -0.3 is 10.2 Å². The molecule has 0 fully saturated rings. The maximum absolute atomic E-state index is 13.8. The number of fused-ring (bicyclic) bond motifs is 1. The van der Waals surface area contributed by atoms with Gasteiger partial charge in [0.2, 0.25) is 0 Å². The van der Waals surface area contributed by atoms with E-state index in [9.17, 15) is 26.8 Å². The van der Waals surface area contributed by atoms with E-state index in [1.165, 1.54) is 47.5 Å². The van der Waals surface area contributed by atoms with Crippen molar-refractivity contribution >= 4 is 66.9 Å². The number of aromatic nitrogens is 1. The number of hydrogen-bond donors (Lipinski definition) is 2. The van der Waals surface area contributed by atoms with Crippen LogP contribution < -0.4 is 14.9 Å². The molecule has 3 amide bonds. The van der Waals surface area contributed by atoms with Gasteiger partial charge in [-0.25, -0.2) is 31.7 Å². The number of halogens is 3. The summed E-state index contributed by atoms with van der Waals surface area (Å²) in [5, 5.41) is 2.05. The molecule has 0 radical (unpaired) electrons. The molecule has 0 saturated heterocycles. The Hall–Kier alpha value is -3.87. The first-order chi connectivity index (χ1) is 17.5. The van der Waals surface area contributed by atoms with Gasteiger partial charge in [0, 0.05) is 18.8 Å². The van der Waals surface area contributed by atoms with Crippen molar-refractivity contribution in [2.45, 2.75) is 4.90 Å². The molecule has 8 nitrogen and oxygen atoms in total. The molecule has 4 rings (SSSR count). The minimum atomic E-state index is -4.41. The Kier molecular flexibility index (Phi) is 7.52. The van der Waals surface area contributed by atoms with Gasteiger partial charge in [-0.05, 0) is 54.1 Å². The second kappa shape index (κ2) is 10.6. The lowest BCUT2D eigenvalue weighted by Gasteiger charge is -2.20. The van der Waals surface area contributed by atoms with Crippen LogP contribution in [0.25, 0.3) is 16.3 Å². The van der Waals surface area contributed by atoms with Crippen LogP contribution in [-0.4, -0.2) is 32.4 Å². The highest BCUT2D eigenvalue weighted by atomic mass is 35.5. The Balaban J connectivity index is 1.66. The number of rotatable bonds is 6. The second-order valence-corrected chi connectivity index (χ2v) is 10.6. The lowest BCUT2D eigenvalue weighted by atomic mass is 10.1. The van der Waals surface area contributed by atoms with Crippen LogP contribution >= 0.6 is 22.9 Å². The van der Waals surface area contributed by atoms with Gasteiger partial charge in [0.25, 0.3) is 15.9 Å². The average molecular weight is 563 g/mol. The van der Waals surface area contributed by atoms with Crippen LogP contribution in [-0.2, 0) is 14.8 Å².